The zero-order valence-corrected chi connectivity index (χ0v) is 20.6. The van der Waals surface area contributed by atoms with Gasteiger partial charge in [0.15, 0.2) is 0 Å². The summed E-state index contributed by atoms with van der Waals surface area (Å²) in [5, 5.41) is 9.74. The molecule has 1 atom stereocenters. The van der Waals surface area contributed by atoms with E-state index < -0.39 is 0 Å². The zero-order chi connectivity index (χ0) is 24.1. The lowest BCUT2D eigenvalue weighted by Gasteiger charge is -2.35. The lowest BCUT2D eigenvalue weighted by atomic mass is 9.95. The number of halogens is 2. The van der Waals surface area contributed by atoms with Gasteiger partial charge in [0, 0.05) is 51.4 Å². The second-order valence-electron chi connectivity index (χ2n) is 8.98. The smallest absolute Gasteiger partial charge is 0.253 e. The van der Waals surface area contributed by atoms with Gasteiger partial charge in [-0.3, -0.25) is 14.5 Å². The molecule has 2 aromatic carbocycles. The maximum absolute atomic E-state index is 13.3. The van der Waals surface area contributed by atoms with Crippen LogP contribution >= 0.6 is 23.2 Å². The van der Waals surface area contributed by atoms with Crippen LogP contribution in [0, 0.1) is 17.2 Å². The molecule has 4 rings (SSSR count). The lowest BCUT2D eigenvalue weighted by Crippen LogP contribution is -2.47. The molecule has 2 amide bonds. The van der Waals surface area contributed by atoms with E-state index in [0.717, 1.165) is 45.4 Å². The first-order chi connectivity index (χ1) is 16.4. The Hall–Kier alpha value is -2.59. The SMILES string of the molecule is N#Cc1ccc(CN2CCCN(C(=O)C3CCCN(C(=O)c4ccc(Cl)c(Cl)c4)C3)CC2)cc1. The molecule has 2 aromatic rings. The number of hydrogen-bond acceptors (Lipinski definition) is 4. The van der Waals surface area contributed by atoms with Gasteiger partial charge in [-0.05, 0) is 55.2 Å². The Kier molecular flexibility index (Phi) is 8.10. The number of piperidine rings is 1. The molecule has 0 N–H and O–H groups in total. The Labute approximate surface area is 210 Å². The third kappa shape index (κ3) is 5.90. The first-order valence-corrected chi connectivity index (χ1v) is 12.4. The zero-order valence-electron chi connectivity index (χ0n) is 19.1. The fraction of sp³-hybridized carbons (Fsp3) is 0.423. The largest absolute Gasteiger partial charge is 0.341 e. The van der Waals surface area contributed by atoms with Crippen LogP contribution in [0.1, 0.15) is 40.7 Å². The molecular formula is C26H28Cl2N4O2. The molecule has 0 saturated carbocycles. The number of carbonyl (C=O) groups excluding carboxylic acids is 2. The van der Waals surface area contributed by atoms with E-state index in [1.54, 1.807) is 23.1 Å². The number of rotatable bonds is 4. The predicted octanol–water partition coefficient (Wildman–Crippen LogP) is 4.45. The van der Waals surface area contributed by atoms with E-state index in [1.807, 2.05) is 29.2 Å². The van der Waals surface area contributed by atoms with Crippen LogP contribution in [0.15, 0.2) is 42.5 Å². The van der Waals surface area contributed by atoms with Gasteiger partial charge in [0.25, 0.3) is 5.91 Å². The fourth-order valence-electron chi connectivity index (χ4n) is 4.73. The van der Waals surface area contributed by atoms with E-state index >= 15 is 0 Å². The Morgan fingerprint density at radius 1 is 0.912 bits per heavy atom. The Balaban J connectivity index is 1.33. The summed E-state index contributed by atoms with van der Waals surface area (Å²) >= 11 is 12.1. The number of likely N-dealkylation sites (tertiary alicyclic amines) is 1. The Morgan fingerprint density at radius 2 is 1.68 bits per heavy atom. The standard InChI is InChI=1S/C26H28Cl2N4O2/c27-23-9-8-21(15-24(23)28)25(33)32-11-1-3-22(18-32)26(34)31-12-2-10-30(13-14-31)17-20-6-4-19(16-29)5-7-20/h4-9,15,22H,1-3,10-14,17-18H2. The van der Waals surface area contributed by atoms with Crippen LogP contribution in [0.2, 0.25) is 10.0 Å². The van der Waals surface area contributed by atoms with Crippen molar-refractivity contribution in [2.75, 3.05) is 39.3 Å². The molecule has 2 aliphatic rings. The van der Waals surface area contributed by atoms with Crippen LogP contribution < -0.4 is 0 Å². The van der Waals surface area contributed by atoms with Crippen LogP contribution in [0.5, 0.6) is 0 Å². The number of nitriles is 1. The fourth-order valence-corrected chi connectivity index (χ4v) is 5.02. The third-order valence-electron chi connectivity index (χ3n) is 6.61. The maximum Gasteiger partial charge on any atom is 0.253 e. The van der Waals surface area contributed by atoms with Gasteiger partial charge < -0.3 is 9.80 Å². The summed E-state index contributed by atoms with van der Waals surface area (Å²) in [6, 6.07) is 14.7. The van der Waals surface area contributed by atoms with E-state index in [0.29, 0.717) is 40.8 Å². The lowest BCUT2D eigenvalue weighted by molar-refractivity contribution is -0.136. The molecule has 6 nitrogen and oxygen atoms in total. The molecule has 0 radical (unpaired) electrons. The highest BCUT2D eigenvalue weighted by molar-refractivity contribution is 6.42. The molecule has 0 aliphatic carbocycles. The second-order valence-corrected chi connectivity index (χ2v) is 9.80. The summed E-state index contributed by atoms with van der Waals surface area (Å²) in [6.07, 6.45) is 2.53. The van der Waals surface area contributed by atoms with Gasteiger partial charge in [0.05, 0.1) is 27.6 Å². The molecule has 2 saturated heterocycles. The summed E-state index contributed by atoms with van der Waals surface area (Å²) in [5.74, 6) is -0.141. The molecule has 1 unspecified atom stereocenters. The molecule has 2 heterocycles. The molecule has 0 bridgehead atoms. The van der Waals surface area contributed by atoms with Gasteiger partial charge in [-0.25, -0.2) is 0 Å². The average Bonchev–Trinajstić information content (AvgIpc) is 3.11. The topological polar surface area (TPSA) is 67.7 Å². The van der Waals surface area contributed by atoms with Crippen LogP contribution in [0.25, 0.3) is 0 Å². The van der Waals surface area contributed by atoms with Crippen molar-refractivity contribution in [3.05, 3.63) is 69.2 Å². The monoisotopic (exact) mass is 498 g/mol. The van der Waals surface area contributed by atoms with Crippen molar-refractivity contribution in [1.29, 1.82) is 5.26 Å². The first-order valence-electron chi connectivity index (χ1n) is 11.7. The average molecular weight is 499 g/mol. The van der Waals surface area contributed by atoms with E-state index in [1.165, 1.54) is 5.56 Å². The number of carbonyl (C=O) groups is 2. The maximum atomic E-state index is 13.3. The van der Waals surface area contributed by atoms with Gasteiger partial charge in [-0.15, -0.1) is 0 Å². The summed E-state index contributed by atoms with van der Waals surface area (Å²) < 4.78 is 0. The van der Waals surface area contributed by atoms with E-state index in [-0.39, 0.29) is 17.7 Å². The summed E-state index contributed by atoms with van der Waals surface area (Å²) in [6.45, 7) is 5.04. The van der Waals surface area contributed by atoms with Gasteiger partial charge in [0.2, 0.25) is 5.91 Å². The minimum absolute atomic E-state index is 0.111. The highest BCUT2D eigenvalue weighted by Gasteiger charge is 2.32. The minimum atomic E-state index is -0.175. The number of hydrogen-bond donors (Lipinski definition) is 0. The second kappa shape index (κ2) is 11.2. The Morgan fingerprint density at radius 3 is 2.41 bits per heavy atom. The predicted molar refractivity (Wildman–Crippen MR) is 133 cm³/mol. The van der Waals surface area contributed by atoms with Crippen molar-refractivity contribution in [2.24, 2.45) is 5.92 Å². The summed E-state index contributed by atoms with van der Waals surface area (Å²) in [4.78, 5) is 32.4. The molecule has 0 aromatic heterocycles. The quantitative estimate of drug-likeness (QED) is 0.624. The molecule has 2 aliphatic heterocycles. The van der Waals surface area contributed by atoms with Crippen LogP contribution in [0.4, 0.5) is 0 Å². The van der Waals surface area contributed by atoms with Crippen molar-refractivity contribution >= 4 is 35.0 Å². The normalized spacial score (nSPS) is 19.4. The van der Waals surface area contributed by atoms with Crippen molar-refractivity contribution < 1.29 is 9.59 Å². The van der Waals surface area contributed by atoms with Crippen molar-refractivity contribution in [3.8, 4) is 6.07 Å². The molecule has 2 fully saturated rings. The van der Waals surface area contributed by atoms with E-state index in [9.17, 15) is 9.59 Å². The highest BCUT2D eigenvalue weighted by atomic mass is 35.5. The van der Waals surface area contributed by atoms with Crippen molar-refractivity contribution in [3.63, 3.8) is 0 Å². The highest BCUT2D eigenvalue weighted by Crippen LogP contribution is 2.26. The Bertz CT molecular complexity index is 1080. The molecular weight excluding hydrogens is 471 g/mol. The number of benzene rings is 2. The van der Waals surface area contributed by atoms with Crippen LogP contribution in [-0.4, -0.2) is 65.8 Å². The number of amides is 2. The summed E-state index contributed by atoms with van der Waals surface area (Å²) in [7, 11) is 0. The van der Waals surface area contributed by atoms with Crippen molar-refractivity contribution in [2.45, 2.75) is 25.8 Å². The van der Waals surface area contributed by atoms with Gasteiger partial charge in [-0.1, -0.05) is 35.3 Å². The van der Waals surface area contributed by atoms with Gasteiger partial charge in [0.1, 0.15) is 0 Å². The van der Waals surface area contributed by atoms with Crippen LogP contribution in [-0.2, 0) is 11.3 Å². The number of nitrogens with zero attached hydrogens (tertiary/aromatic N) is 4. The molecule has 178 valence electrons. The minimum Gasteiger partial charge on any atom is -0.341 e. The summed E-state index contributed by atoms with van der Waals surface area (Å²) in [5.41, 5.74) is 2.33. The first kappa shape index (κ1) is 24.5. The van der Waals surface area contributed by atoms with Gasteiger partial charge in [-0.2, -0.15) is 5.26 Å². The van der Waals surface area contributed by atoms with Gasteiger partial charge >= 0.3 is 0 Å². The van der Waals surface area contributed by atoms with E-state index in [2.05, 4.69) is 11.0 Å². The molecule has 34 heavy (non-hydrogen) atoms. The molecule has 0 spiro atoms. The third-order valence-corrected chi connectivity index (χ3v) is 7.35. The molecule has 8 heteroatoms. The van der Waals surface area contributed by atoms with Crippen LogP contribution in [0.3, 0.4) is 0 Å². The van der Waals surface area contributed by atoms with E-state index in [4.69, 9.17) is 28.5 Å². The van der Waals surface area contributed by atoms with Crippen molar-refractivity contribution in [1.82, 2.24) is 14.7 Å².